The molecule has 0 N–H and O–H groups in total. The zero-order valence-corrected chi connectivity index (χ0v) is 27.3. The van der Waals surface area contributed by atoms with Gasteiger partial charge < -0.3 is 14.5 Å². The Morgan fingerprint density at radius 2 is 1.79 bits per heavy atom. The number of aryl methyl sites for hydroxylation is 2. The topological polar surface area (TPSA) is 83.0 Å². The lowest BCUT2D eigenvalue weighted by Gasteiger charge is -2.42. The summed E-state index contributed by atoms with van der Waals surface area (Å²) in [6.45, 7) is 9.48. The molecule has 0 spiro atoms. The van der Waals surface area contributed by atoms with Crippen molar-refractivity contribution in [3.63, 3.8) is 0 Å². The van der Waals surface area contributed by atoms with Crippen LogP contribution in [0.3, 0.4) is 0 Å². The number of benzene rings is 1. The van der Waals surface area contributed by atoms with Crippen molar-refractivity contribution in [3.8, 4) is 0 Å². The fraction of sp³-hybridized carbons (Fsp3) is 0.636. The first-order valence-corrected chi connectivity index (χ1v) is 17.8. The molecule has 2 aromatic rings. The summed E-state index contributed by atoms with van der Waals surface area (Å²) in [6, 6.07) is 7.27. The fourth-order valence-electron chi connectivity index (χ4n) is 7.01. The van der Waals surface area contributed by atoms with Gasteiger partial charge in [0, 0.05) is 68.2 Å². The van der Waals surface area contributed by atoms with Gasteiger partial charge in [0.05, 0.1) is 10.5 Å². The van der Waals surface area contributed by atoms with Crippen molar-refractivity contribution in [2.24, 2.45) is 0 Å². The van der Waals surface area contributed by atoms with Crippen molar-refractivity contribution in [2.45, 2.75) is 94.6 Å². The van der Waals surface area contributed by atoms with Crippen LogP contribution in [0.4, 0.5) is 0 Å². The fourth-order valence-corrected chi connectivity index (χ4v) is 9.25. The lowest BCUT2D eigenvalue weighted by Crippen LogP contribution is -2.47. The molecule has 1 aromatic carbocycles. The summed E-state index contributed by atoms with van der Waals surface area (Å²) in [7, 11) is -3.69. The number of rotatable bonds is 11. The smallest absolute Gasteiger partial charge is 0.243 e. The van der Waals surface area contributed by atoms with E-state index in [0.717, 1.165) is 56.2 Å². The second kappa shape index (κ2) is 14.4. The first-order chi connectivity index (χ1) is 20.7. The molecule has 3 saturated heterocycles. The Bertz CT molecular complexity index is 1340. The SMILES string of the molecule is Cc1cc(S(=O)(=O)N2CCCCC2CCC(=O)N2CCC(OCCCN3CCCC3)(c3cccnc3)CC2)c(C)cc1Cl. The van der Waals surface area contributed by atoms with Crippen molar-refractivity contribution >= 4 is 27.5 Å². The molecule has 1 atom stereocenters. The van der Waals surface area contributed by atoms with Gasteiger partial charge in [0.2, 0.25) is 15.9 Å². The van der Waals surface area contributed by atoms with Gasteiger partial charge in [-0.05, 0) is 108 Å². The molecule has 236 valence electrons. The average molecular weight is 631 g/mol. The lowest BCUT2D eigenvalue weighted by atomic mass is 9.84. The Morgan fingerprint density at radius 3 is 2.51 bits per heavy atom. The first-order valence-electron chi connectivity index (χ1n) is 16.0. The van der Waals surface area contributed by atoms with Crippen LogP contribution in [0, 0.1) is 13.8 Å². The molecule has 5 rings (SSSR count). The van der Waals surface area contributed by atoms with Crippen molar-refractivity contribution in [1.29, 1.82) is 0 Å². The number of sulfonamides is 1. The van der Waals surface area contributed by atoms with E-state index in [2.05, 4.69) is 16.0 Å². The Balaban J connectivity index is 1.18. The molecule has 10 heteroatoms. The largest absolute Gasteiger partial charge is 0.370 e. The highest BCUT2D eigenvalue weighted by Crippen LogP contribution is 2.37. The third kappa shape index (κ3) is 7.61. The number of halogens is 1. The summed E-state index contributed by atoms with van der Waals surface area (Å²) < 4.78 is 35.8. The van der Waals surface area contributed by atoms with Gasteiger partial charge in [-0.1, -0.05) is 24.1 Å². The highest BCUT2D eigenvalue weighted by Gasteiger charge is 2.39. The third-order valence-electron chi connectivity index (χ3n) is 9.61. The molecule has 0 aliphatic carbocycles. The summed E-state index contributed by atoms with van der Waals surface area (Å²) in [5.41, 5.74) is 2.05. The minimum absolute atomic E-state index is 0.0928. The molecular formula is C33H47ClN4O4S. The van der Waals surface area contributed by atoms with E-state index in [1.54, 1.807) is 29.6 Å². The number of carbonyl (C=O) groups is 1. The molecule has 1 unspecified atom stereocenters. The Hall–Kier alpha value is -2.04. The number of hydrogen-bond acceptors (Lipinski definition) is 6. The van der Waals surface area contributed by atoms with E-state index in [-0.39, 0.29) is 11.9 Å². The van der Waals surface area contributed by atoms with E-state index in [1.807, 2.05) is 24.1 Å². The van der Waals surface area contributed by atoms with Gasteiger partial charge in [-0.3, -0.25) is 9.78 Å². The van der Waals surface area contributed by atoms with Gasteiger partial charge in [0.1, 0.15) is 0 Å². The molecule has 3 fully saturated rings. The van der Waals surface area contributed by atoms with E-state index in [1.165, 1.54) is 25.9 Å². The van der Waals surface area contributed by atoms with Crippen LogP contribution in [0.1, 0.15) is 80.9 Å². The zero-order valence-electron chi connectivity index (χ0n) is 25.8. The predicted molar refractivity (Wildman–Crippen MR) is 170 cm³/mol. The van der Waals surface area contributed by atoms with Gasteiger partial charge in [-0.2, -0.15) is 4.31 Å². The summed E-state index contributed by atoms with van der Waals surface area (Å²) in [5, 5.41) is 0.568. The molecule has 0 bridgehead atoms. The number of amides is 1. The predicted octanol–water partition coefficient (Wildman–Crippen LogP) is 5.70. The molecule has 0 radical (unpaired) electrons. The van der Waals surface area contributed by atoms with E-state index >= 15 is 0 Å². The number of piperidine rings is 2. The number of hydrogen-bond donors (Lipinski definition) is 0. The van der Waals surface area contributed by atoms with E-state index < -0.39 is 15.6 Å². The van der Waals surface area contributed by atoms with E-state index in [9.17, 15) is 13.2 Å². The standard InChI is InChI=1S/C33H47ClN4O4S/c1-26-24-31(27(2)23-30(26)34)43(40,41)38-19-4-3-10-29(38)11-12-32(39)37-20-13-33(14-21-37,28-9-7-15-35-25-28)42-22-8-18-36-16-5-6-17-36/h7,9,15,23-25,29H,3-6,8,10-14,16-22H2,1-2H3. The van der Waals surface area contributed by atoms with Gasteiger partial charge in [0.15, 0.2) is 0 Å². The Labute approximate surface area is 262 Å². The van der Waals surface area contributed by atoms with Crippen molar-refractivity contribution in [2.75, 3.05) is 45.9 Å². The summed E-state index contributed by atoms with van der Waals surface area (Å²) >= 11 is 6.25. The highest BCUT2D eigenvalue weighted by molar-refractivity contribution is 7.89. The molecule has 1 amide bonds. The quantitative estimate of drug-likeness (QED) is 0.297. The van der Waals surface area contributed by atoms with Gasteiger partial charge in [-0.15, -0.1) is 0 Å². The molecule has 3 aliphatic heterocycles. The average Bonchev–Trinajstić information content (AvgIpc) is 3.54. The zero-order chi connectivity index (χ0) is 30.5. The lowest BCUT2D eigenvalue weighted by molar-refractivity contribution is -0.140. The number of aromatic nitrogens is 1. The normalized spacial score (nSPS) is 21.7. The Morgan fingerprint density at radius 1 is 1.05 bits per heavy atom. The molecule has 0 saturated carbocycles. The van der Waals surface area contributed by atoms with Gasteiger partial charge >= 0.3 is 0 Å². The third-order valence-corrected chi connectivity index (χ3v) is 12.1. The number of likely N-dealkylation sites (tertiary alicyclic amines) is 2. The highest BCUT2D eigenvalue weighted by atomic mass is 35.5. The minimum atomic E-state index is -3.69. The molecule has 43 heavy (non-hydrogen) atoms. The second-order valence-electron chi connectivity index (χ2n) is 12.5. The molecule has 1 aromatic heterocycles. The molecule has 3 aliphatic rings. The first kappa shape index (κ1) is 32.4. The van der Waals surface area contributed by atoms with E-state index in [4.69, 9.17) is 16.3 Å². The summed E-state index contributed by atoms with van der Waals surface area (Å²) in [5.74, 6) is 0.0928. The Kier molecular flexibility index (Phi) is 10.8. The number of carbonyl (C=O) groups excluding carboxylic acids is 1. The monoisotopic (exact) mass is 630 g/mol. The number of pyridine rings is 1. The number of ether oxygens (including phenoxy) is 1. The van der Waals surface area contributed by atoms with Crippen LogP contribution in [-0.2, 0) is 25.2 Å². The maximum absolute atomic E-state index is 13.8. The molecular weight excluding hydrogens is 584 g/mol. The maximum atomic E-state index is 13.8. The minimum Gasteiger partial charge on any atom is -0.370 e. The summed E-state index contributed by atoms with van der Waals surface area (Å²) in [6.07, 6.45) is 12.2. The van der Waals surface area contributed by atoms with E-state index in [0.29, 0.717) is 54.6 Å². The van der Waals surface area contributed by atoms with Crippen LogP contribution >= 0.6 is 11.6 Å². The van der Waals surface area contributed by atoms with Crippen LogP contribution in [0.5, 0.6) is 0 Å². The van der Waals surface area contributed by atoms with Crippen LogP contribution in [0.25, 0.3) is 0 Å². The van der Waals surface area contributed by atoms with Crippen LogP contribution in [0.2, 0.25) is 5.02 Å². The van der Waals surface area contributed by atoms with Crippen LogP contribution in [-0.4, -0.2) is 85.3 Å². The van der Waals surface area contributed by atoms with Gasteiger partial charge in [0.25, 0.3) is 0 Å². The van der Waals surface area contributed by atoms with Crippen molar-refractivity contribution in [1.82, 2.24) is 19.1 Å². The van der Waals surface area contributed by atoms with Gasteiger partial charge in [-0.25, -0.2) is 8.42 Å². The van der Waals surface area contributed by atoms with Crippen molar-refractivity contribution < 1.29 is 17.9 Å². The van der Waals surface area contributed by atoms with Crippen LogP contribution in [0.15, 0.2) is 41.6 Å². The molecule has 4 heterocycles. The van der Waals surface area contributed by atoms with Crippen LogP contribution < -0.4 is 0 Å². The second-order valence-corrected chi connectivity index (χ2v) is 14.8. The van der Waals surface area contributed by atoms with Crippen molar-refractivity contribution in [3.05, 3.63) is 58.4 Å². The maximum Gasteiger partial charge on any atom is 0.243 e. The summed E-state index contributed by atoms with van der Waals surface area (Å²) in [4.78, 5) is 22.6. The molecule has 8 nitrogen and oxygen atoms in total. The number of nitrogens with zero attached hydrogens (tertiary/aromatic N) is 4.